The molecule has 0 aromatic heterocycles. The number of benzene rings is 1. The van der Waals surface area contributed by atoms with Crippen molar-refractivity contribution in [1.82, 2.24) is 0 Å². The molecule has 1 radical (unpaired) electrons. The van der Waals surface area contributed by atoms with Gasteiger partial charge < -0.3 is 10.0 Å². The molecule has 1 aliphatic rings. The van der Waals surface area contributed by atoms with Gasteiger partial charge >= 0.3 is 0 Å². The van der Waals surface area contributed by atoms with Crippen LogP contribution in [0.2, 0.25) is 0 Å². The monoisotopic (exact) mass is 204 g/mol. The molecule has 0 aliphatic carbocycles. The molecule has 1 amide bonds. The predicted octanol–water partition coefficient (Wildman–Crippen LogP) is 1.15. The average molecular weight is 204 g/mol. The normalized spacial score (nSPS) is 15.3. The van der Waals surface area contributed by atoms with Crippen LogP contribution < -0.4 is 4.90 Å². The van der Waals surface area contributed by atoms with Crippen molar-refractivity contribution in [3.63, 3.8) is 0 Å². The lowest BCUT2D eigenvalue weighted by molar-refractivity contribution is -0.118. The molecule has 0 saturated carbocycles. The first-order valence-corrected chi connectivity index (χ1v) is 5.23. The van der Waals surface area contributed by atoms with E-state index in [0.717, 1.165) is 12.1 Å². The molecule has 1 aromatic rings. The van der Waals surface area contributed by atoms with Crippen molar-refractivity contribution in [2.45, 2.75) is 19.3 Å². The van der Waals surface area contributed by atoms with Crippen LogP contribution in [0.4, 0.5) is 5.69 Å². The lowest BCUT2D eigenvalue weighted by Gasteiger charge is -2.29. The summed E-state index contributed by atoms with van der Waals surface area (Å²) < 4.78 is 0. The van der Waals surface area contributed by atoms with Crippen molar-refractivity contribution in [3.05, 3.63) is 29.8 Å². The number of hydrogen-bond acceptors (Lipinski definition) is 2. The third-order valence-electron chi connectivity index (χ3n) is 2.67. The van der Waals surface area contributed by atoms with E-state index in [1.54, 1.807) is 4.90 Å². The number of carbonyl (C=O) groups excluding carboxylic acids is 1. The molecular weight excluding hydrogens is 190 g/mol. The van der Waals surface area contributed by atoms with Crippen LogP contribution in [0.3, 0.4) is 0 Å². The van der Waals surface area contributed by atoms with E-state index in [4.69, 9.17) is 5.11 Å². The molecule has 0 saturated heterocycles. The zero-order valence-corrected chi connectivity index (χ0v) is 8.57. The summed E-state index contributed by atoms with van der Waals surface area (Å²) in [5, 5.41) is 8.79. The van der Waals surface area contributed by atoms with E-state index >= 15 is 0 Å². The first kappa shape index (κ1) is 10.2. The Hall–Kier alpha value is -1.35. The minimum Gasteiger partial charge on any atom is -0.396 e. The highest BCUT2D eigenvalue weighted by Crippen LogP contribution is 2.27. The van der Waals surface area contributed by atoms with E-state index in [1.165, 1.54) is 5.56 Å². The van der Waals surface area contributed by atoms with Crippen LogP contribution in [0.25, 0.3) is 0 Å². The van der Waals surface area contributed by atoms with Gasteiger partial charge in [-0.05, 0) is 30.5 Å². The van der Waals surface area contributed by atoms with Crippen molar-refractivity contribution in [1.29, 1.82) is 0 Å². The molecule has 1 N–H and O–H groups in total. The fourth-order valence-corrected chi connectivity index (χ4v) is 1.90. The lowest BCUT2D eigenvalue weighted by atomic mass is 10.0. The third kappa shape index (κ3) is 2.02. The smallest absolute Gasteiger partial charge is 0.227 e. The van der Waals surface area contributed by atoms with Gasteiger partial charge in [-0.25, -0.2) is 0 Å². The first-order valence-electron chi connectivity index (χ1n) is 5.23. The highest BCUT2D eigenvalue weighted by molar-refractivity contribution is 5.96. The Morgan fingerprint density at radius 3 is 3.13 bits per heavy atom. The number of fused-ring (bicyclic) bond motifs is 1. The second kappa shape index (κ2) is 4.45. The van der Waals surface area contributed by atoms with Gasteiger partial charge in [0, 0.05) is 25.3 Å². The number of anilines is 1. The molecule has 0 fully saturated rings. The van der Waals surface area contributed by atoms with E-state index in [2.05, 4.69) is 6.07 Å². The van der Waals surface area contributed by atoms with Crippen LogP contribution in [0.5, 0.6) is 0 Å². The van der Waals surface area contributed by atoms with Crippen molar-refractivity contribution < 1.29 is 9.90 Å². The van der Waals surface area contributed by atoms with E-state index < -0.39 is 0 Å². The maximum atomic E-state index is 11.7. The number of aliphatic hydroxyl groups excluding tert-OH is 1. The number of aryl methyl sites for hydroxylation is 1. The fourth-order valence-electron chi connectivity index (χ4n) is 1.90. The number of rotatable bonds is 3. The van der Waals surface area contributed by atoms with Gasteiger partial charge in [0.05, 0.1) is 0 Å². The van der Waals surface area contributed by atoms with Gasteiger partial charge in [-0.1, -0.05) is 12.1 Å². The summed E-state index contributed by atoms with van der Waals surface area (Å²) >= 11 is 0. The topological polar surface area (TPSA) is 40.5 Å². The maximum Gasteiger partial charge on any atom is 0.227 e. The highest BCUT2D eigenvalue weighted by Gasteiger charge is 2.22. The predicted molar refractivity (Wildman–Crippen MR) is 57.7 cm³/mol. The number of aliphatic hydroxyl groups is 1. The van der Waals surface area contributed by atoms with Crippen molar-refractivity contribution in [2.75, 3.05) is 18.1 Å². The molecule has 1 aromatic carbocycles. The first-order chi connectivity index (χ1) is 7.33. The van der Waals surface area contributed by atoms with Gasteiger partial charge in [0.15, 0.2) is 0 Å². The van der Waals surface area contributed by atoms with Crippen LogP contribution in [0, 0.1) is 6.07 Å². The molecule has 15 heavy (non-hydrogen) atoms. The summed E-state index contributed by atoms with van der Waals surface area (Å²) in [6.07, 6.45) is 2.01. The largest absolute Gasteiger partial charge is 0.396 e. The SMILES string of the molecule is O=C1CCc2cc[c]cc2N1CCCO. The van der Waals surface area contributed by atoms with E-state index in [1.807, 2.05) is 18.2 Å². The molecular formula is C12H14NO2. The summed E-state index contributed by atoms with van der Waals surface area (Å²) in [4.78, 5) is 13.4. The standard InChI is InChI=1S/C12H14NO2/c14-9-3-8-13-11-5-2-1-4-10(11)6-7-12(13)15/h1,4-5,14H,3,6-9H2. The van der Waals surface area contributed by atoms with Crippen LogP contribution in [-0.4, -0.2) is 24.2 Å². The molecule has 1 aliphatic heterocycles. The molecule has 3 nitrogen and oxygen atoms in total. The molecule has 2 rings (SSSR count). The van der Waals surface area contributed by atoms with Gasteiger partial charge in [0.1, 0.15) is 0 Å². The van der Waals surface area contributed by atoms with Gasteiger partial charge in [-0.15, -0.1) is 0 Å². The van der Waals surface area contributed by atoms with Crippen molar-refractivity contribution >= 4 is 11.6 Å². The number of amides is 1. The Morgan fingerprint density at radius 2 is 2.33 bits per heavy atom. The minimum absolute atomic E-state index is 0.121. The third-order valence-corrected chi connectivity index (χ3v) is 2.67. The van der Waals surface area contributed by atoms with E-state index in [-0.39, 0.29) is 12.5 Å². The molecule has 79 valence electrons. The van der Waals surface area contributed by atoms with Gasteiger partial charge in [0.2, 0.25) is 5.91 Å². The highest BCUT2D eigenvalue weighted by atomic mass is 16.3. The second-order valence-electron chi connectivity index (χ2n) is 3.68. The zero-order valence-electron chi connectivity index (χ0n) is 8.57. The molecule has 3 heteroatoms. The minimum atomic E-state index is 0.121. The molecule has 0 unspecified atom stereocenters. The van der Waals surface area contributed by atoms with Crippen LogP contribution in [0.15, 0.2) is 18.2 Å². The van der Waals surface area contributed by atoms with Crippen molar-refractivity contribution in [3.8, 4) is 0 Å². The molecule has 1 heterocycles. The zero-order chi connectivity index (χ0) is 10.7. The Labute approximate surface area is 89.3 Å². The number of carbonyl (C=O) groups is 1. The Balaban J connectivity index is 2.25. The van der Waals surface area contributed by atoms with Crippen LogP contribution in [0.1, 0.15) is 18.4 Å². The van der Waals surface area contributed by atoms with E-state index in [0.29, 0.717) is 19.4 Å². The van der Waals surface area contributed by atoms with Crippen molar-refractivity contribution in [2.24, 2.45) is 0 Å². The summed E-state index contributed by atoms with van der Waals surface area (Å²) in [5.74, 6) is 0.149. The van der Waals surface area contributed by atoms with Gasteiger partial charge in [0.25, 0.3) is 0 Å². The number of hydrogen-bond donors (Lipinski definition) is 1. The Bertz CT molecular complexity index is 362. The summed E-state index contributed by atoms with van der Waals surface area (Å²) in [6.45, 7) is 0.718. The van der Waals surface area contributed by atoms with Crippen LogP contribution in [-0.2, 0) is 11.2 Å². The average Bonchev–Trinajstić information content (AvgIpc) is 2.28. The quantitative estimate of drug-likeness (QED) is 0.802. The lowest BCUT2D eigenvalue weighted by Crippen LogP contribution is -2.36. The fraction of sp³-hybridized carbons (Fsp3) is 0.417. The second-order valence-corrected chi connectivity index (χ2v) is 3.68. The van der Waals surface area contributed by atoms with Gasteiger partial charge in [-0.2, -0.15) is 0 Å². The Morgan fingerprint density at radius 1 is 1.47 bits per heavy atom. The number of nitrogens with zero attached hydrogens (tertiary/aromatic N) is 1. The van der Waals surface area contributed by atoms with Crippen LogP contribution >= 0.6 is 0 Å². The Kier molecular flexibility index (Phi) is 3.02. The molecule has 0 atom stereocenters. The molecule has 0 bridgehead atoms. The maximum absolute atomic E-state index is 11.7. The van der Waals surface area contributed by atoms with E-state index in [9.17, 15) is 4.79 Å². The molecule has 0 spiro atoms. The summed E-state index contributed by atoms with van der Waals surface area (Å²) in [7, 11) is 0. The van der Waals surface area contributed by atoms with Gasteiger partial charge in [-0.3, -0.25) is 4.79 Å². The summed E-state index contributed by atoms with van der Waals surface area (Å²) in [6, 6.07) is 8.72. The summed E-state index contributed by atoms with van der Waals surface area (Å²) in [5.41, 5.74) is 2.16.